The molecule has 0 saturated carbocycles. The van der Waals surface area contributed by atoms with Crippen LogP contribution in [0.25, 0.3) is 0 Å². The summed E-state index contributed by atoms with van der Waals surface area (Å²) in [5.74, 6) is 0.521. The van der Waals surface area contributed by atoms with Crippen LogP contribution in [0.2, 0.25) is 0 Å². The minimum atomic E-state index is -0.493. The summed E-state index contributed by atoms with van der Waals surface area (Å²) in [4.78, 5) is 23.3. The lowest BCUT2D eigenvalue weighted by atomic mass is 9.91. The summed E-state index contributed by atoms with van der Waals surface area (Å²) in [5.41, 5.74) is 2.48. The molecule has 1 rings (SSSR count). The number of amides is 3. The van der Waals surface area contributed by atoms with E-state index in [1.807, 2.05) is 0 Å². The normalized spacial score (nSPS) is 14.8. The van der Waals surface area contributed by atoms with E-state index >= 15 is 0 Å². The molecule has 0 bridgehead atoms. The van der Waals surface area contributed by atoms with Gasteiger partial charge in [-0.15, -0.1) is 0 Å². The first-order valence-electron chi connectivity index (χ1n) is 8.68. The van der Waals surface area contributed by atoms with Crippen LogP contribution >= 0.6 is 0 Å². The molecule has 0 heterocycles. The average molecular weight is 333 g/mol. The number of benzene rings is 1. The van der Waals surface area contributed by atoms with Crippen LogP contribution in [0, 0.1) is 5.92 Å². The molecule has 134 valence electrons. The van der Waals surface area contributed by atoms with Gasteiger partial charge in [0.25, 0.3) is 0 Å². The third-order valence-electron chi connectivity index (χ3n) is 4.43. The third kappa shape index (κ3) is 5.64. The molecule has 0 aliphatic carbocycles. The van der Waals surface area contributed by atoms with Crippen molar-refractivity contribution in [3.8, 4) is 0 Å². The van der Waals surface area contributed by atoms with Gasteiger partial charge in [0, 0.05) is 13.1 Å². The van der Waals surface area contributed by atoms with Gasteiger partial charge in [-0.3, -0.25) is 15.4 Å². The lowest BCUT2D eigenvalue weighted by molar-refractivity contribution is -0.121. The number of rotatable bonds is 7. The molecule has 0 aliphatic rings. The van der Waals surface area contributed by atoms with Crippen LogP contribution in [-0.4, -0.2) is 25.0 Å². The van der Waals surface area contributed by atoms with E-state index in [4.69, 9.17) is 0 Å². The SMILES string of the molecule is CC[C@@H](C)c1ccc([C@H](N[C@@H](C)C(=O)NC(=O)NC)C(C)C)cc1. The Balaban J connectivity index is 2.83. The Bertz CT molecular complexity index is 540. The molecule has 3 N–H and O–H groups in total. The molecule has 0 radical (unpaired) electrons. The average Bonchev–Trinajstić information content (AvgIpc) is 2.58. The lowest BCUT2D eigenvalue weighted by Crippen LogP contribution is -2.48. The molecular weight excluding hydrogens is 302 g/mol. The predicted octanol–water partition coefficient (Wildman–Crippen LogP) is 3.33. The maximum absolute atomic E-state index is 12.0. The number of carbonyl (C=O) groups excluding carboxylic acids is 2. The highest BCUT2D eigenvalue weighted by Crippen LogP contribution is 2.25. The maximum Gasteiger partial charge on any atom is 0.321 e. The second kappa shape index (κ2) is 9.42. The molecule has 0 aliphatic heterocycles. The molecule has 3 amide bonds. The fourth-order valence-electron chi connectivity index (χ4n) is 2.57. The van der Waals surface area contributed by atoms with Crippen molar-refractivity contribution in [2.75, 3.05) is 7.05 Å². The highest BCUT2D eigenvalue weighted by atomic mass is 16.2. The fraction of sp³-hybridized carbons (Fsp3) is 0.579. The topological polar surface area (TPSA) is 70.2 Å². The fourth-order valence-corrected chi connectivity index (χ4v) is 2.57. The quantitative estimate of drug-likeness (QED) is 0.717. The van der Waals surface area contributed by atoms with Gasteiger partial charge < -0.3 is 5.32 Å². The smallest absolute Gasteiger partial charge is 0.321 e. The van der Waals surface area contributed by atoms with Gasteiger partial charge in [-0.2, -0.15) is 0 Å². The number of carbonyl (C=O) groups is 2. The third-order valence-corrected chi connectivity index (χ3v) is 4.43. The molecule has 3 atom stereocenters. The highest BCUT2D eigenvalue weighted by molar-refractivity contribution is 5.96. The standard InChI is InChI=1S/C19H31N3O2/c1-7-13(4)15-8-10-16(11-9-15)17(12(2)3)21-14(5)18(23)22-19(24)20-6/h8-14,17,21H,7H2,1-6H3,(H2,20,22,23,24)/t13-,14+,17-/m1/s1. The minimum Gasteiger partial charge on any atom is -0.341 e. The van der Waals surface area contributed by atoms with Crippen molar-refractivity contribution in [1.82, 2.24) is 16.0 Å². The van der Waals surface area contributed by atoms with Crippen molar-refractivity contribution >= 4 is 11.9 Å². The Morgan fingerprint density at radius 2 is 1.54 bits per heavy atom. The number of imide groups is 1. The first-order valence-corrected chi connectivity index (χ1v) is 8.68. The maximum atomic E-state index is 12.0. The van der Waals surface area contributed by atoms with Crippen molar-refractivity contribution in [3.63, 3.8) is 0 Å². The van der Waals surface area contributed by atoms with Gasteiger partial charge in [-0.1, -0.05) is 52.0 Å². The van der Waals surface area contributed by atoms with Gasteiger partial charge in [0.15, 0.2) is 0 Å². The number of nitrogens with one attached hydrogen (secondary N) is 3. The zero-order valence-electron chi connectivity index (χ0n) is 15.6. The Morgan fingerprint density at radius 3 is 2.00 bits per heavy atom. The molecule has 0 saturated heterocycles. The number of urea groups is 1. The summed E-state index contributed by atoms with van der Waals surface area (Å²) < 4.78 is 0. The molecule has 5 heteroatoms. The van der Waals surface area contributed by atoms with Crippen molar-refractivity contribution in [2.45, 2.75) is 59.0 Å². The van der Waals surface area contributed by atoms with Crippen LogP contribution in [0.3, 0.4) is 0 Å². The largest absolute Gasteiger partial charge is 0.341 e. The lowest BCUT2D eigenvalue weighted by Gasteiger charge is -2.26. The molecule has 0 aromatic heterocycles. The Labute approximate surface area is 145 Å². The van der Waals surface area contributed by atoms with Crippen LogP contribution in [0.4, 0.5) is 4.79 Å². The van der Waals surface area contributed by atoms with Crippen molar-refractivity contribution in [2.24, 2.45) is 5.92 Å². The predicted molar refractivity (Wildman–Crippen MR) is 97.9 cm³/mol. The Morgan fingerprint density at radius 1 is 1.00 bits per heavy atom. The van der Waals surface area contributed by atoms with E-state index < -0.39 is 12.1 Å². The molecule has 5 nitrogen and oxygen atoms in total. The van der Waals surface area contributed by atoms with Gasteiger partial charge in [-0.25, -0.2) is 4.79 Å². The first kappa shape index (κ1) is 20.2. The first-order chi connectivity index (χ1) is 11.3. The van der Waals surface area contributed by atoms with Gasteiger partial charge >= 0.3 is 6.03 Å². The minimum absolute atomic E-state index is 0.0430. The van der Waals surface area contributed by atoms with Crippen molar-refractivity contribution in [1.29, 1.82) is 0 Å². The molecule has 1 aromatic carbocycles. The zero-order chi connectivity index (χ0) is 18.3. The second-order valence-electron chi connectivity index (χ2n) is 6.65. The van der Waals surface area contributed by atoms with Crippen LogP contribution in [0.1, 0.15) is 64.1 Å². The molecule has 0 unspecified atom stereocenters. The Kier molecular flexibility index (Phi) is 7.92. The summed E-state index contributed by atoms with van der Waals surface area (Å²) in [5, 5.41) is 8.02. The molecule has 0 fully saturated rings. The summed E-state index contributed by atoms with van der Waals surface area (Å²) in [7, 11) is 1.48. The summed E-state index contributed by atoms with van der Waals surface area (Å²) >= 11 is 0. The van der Waals surface area contributed by atoms with Crippen LogP contribution in [0.5, 0.6) is 0 Å². The highest BCUT2D eigenvalue weighted by Gasteiger charge is 2.22. The number of hydrogen-bond acceptors (Lipinski definition) is 3. The van der Waals surface area contributed by atoms with Gasteiger partial charge in [-0.05, 0) is 36.3 Å². The second-order valence-corrected chi connectivity index (χ2v) is 6.65. The summed E-state index contributed by atoms with van der Waals surface area (Å²) in [6.45, 7) is 10.4. The van der Waals surface area contributed by atoms with E-state index in [1.54, 1.807) is 6.92 Å². The summed E-state index contributed by atoms with van der Waals surface area (Å²) in [6.07, 6.45) is 1.11. The Hall–Kier alpha value is -1.88. The van der Waals surface area contributed by atoms with Crippen LogP contribution in [-0.2, 0) is 4.79 Å². The number of hydrogen-bond donors (Lipinski definition) is 3. The van der Waals surface area contributed by atoms with Crippen molar-refractivity contribution < 1.29 is 9.59 Å². The zero-order valence-corrected chi connectivity index (χ0v) is 15.6. The van der Waals surface area contributed by atoms with E-state index in [2.05, 4.69) is 67.9 Å². The van der Waals surface area contributed by atoms with Crippen LogP contribution < -0.4 is 16.0 Å². The summed E-state index contributed by atoms with van der Waals surface area (Å²) in [6, 6.07) is 7.66. The van der Waals surface area contributed by atoms with Crippen molar-refractivity contribution in [3.05, 3.63) is 35.4 Å². The van der Waals surface area contributed by atoms with Gasteiger partial charge in [0.05, 0.1) is 6.04 Å². The molecule has 24 heavy (non-hydrogen) atoms. The molecular formula is C19H31N3O2. The van der Waals surface area contributed by atoms with E-state index in [0.717, 1.165) is 12.0 Å². The van der Waals surface area contributed by atoms with Gasteiger partial charge in [0.1, 0.15) is 0 Å². The van der Waals surface area contributed by atoms with Crippen LogP contribution in [0.15, 0.2) is 24.3 Å². The van der Waals surface area contributed by atoms with E-state index in [0.29, 0.717) is 11.8 Å². The molecule has 1 aromatic rings. The monoisotopic (exact) mass is 333 g/mol. The van der Waals surface area contributed by atoms with Gasteiger partial charge in [0.2, 0.25) is 5.91 Å². The molecule has 0 spiro atoms. The van der Waals surface area contributed by atoms with E-state index in [1.165, 1.54) is 12.6 Å². The van der Waals surface area contributed by atoms with E-state index in [9.17, 15) is 9.59 Å². The van der Waals surface area contributed by atoms with E-state index in [-0.39, 0.29) is 11.9 Å².